The quantitative estimate of drug-likeness (QED) is 0.774. The molecule has 1 unspecified atom stereocenters. The highest BCUT2D eigenvalue weighted by Crippen LogP contribution is 2.37. The fourth-order valence-corrected chi connectivity index (χ4v) is 2.02. The van der Waals surface area contributed by atoms with Crippen molar-refractivity contribution in [1.82, 2.24) is 9.55 Å². The molecule has 1 aliphatic rings. The number of aromatic nitrogens is 2. The van der Waals surface area contributed by atoms with Gasteiger partial charge in [-0.25, -0.2) is 9.36 Å². The summed E-state index contributed by atoms with van der Waals surface area (Å²) in [7, 11) is 0. The van der Waals surface area contributed by atoms with E-state index in [1.54, 1.807) is 18.2 Å². The molecule has 2 rings (SSSR count). The highest BCUT2D eigenvalue weighted by Gasteiger charge is 2.34. The Hall–Kier alpha value is -1.26. The minimum Gasteiger partial charge on any atom is -0.314 e. The summed E-state index contributed by atoms with van der Waals surface area (Å²) in [5.74, 6) is 0. The Bertz CT molecular complexity index is 540. The minimum atomic E-state index is -1.30. The van der Waals surface area contributed by atoms with Gasteiger partial charge in [0.15, 0.2) is 4.33 Å². The fraction of sp³-hybridized carbons (Fsp3) is 0.200. The van der Waals surface area contributed by atoms with Gasteiger partial charge in [0, 0.05) is 12.3 Å². The number of alkyl halides is 2. The van der Waals surface area contributed by atoms with Gasteiger partial charge in [0.1, 0.15) is 0 Å². The van der Waals surface area contributed by atoms with Gasteiger partial charge >= 0.3 is 5.69 Å². The van der Waals surface area contributed by atoms with Crippen LogP contribution in [0.3, 0.4) is 0 Å². The number of hydrogen-bond acceptors (Lipinski definition) is 2. The van der Waals surface area contributed by atoms with Gasteiger partial charge in [0.2, 0.25) is 0 Å². The summed E-state index contributed by atoms with van der Waals surface area (Å²) in [6.07, 6.45) is 7.77. The molecule has 84 valence electrons. The molecule has 0 radical (unpaired) electrons. The second-order valence-electron chi connectivity index (χ2n) is 3.35. The number of rotatable bonds is 1. The highest BCUT2D eigenvalue weighted by atomic mass is 35.5. The van der Waals surface area contributed by atoms with E-state index in [2.05, 4.69) is 4.98 Å². The third-order valence-corrected chi connectivity index (χ3v) is 2.98. The summed E-state index contributed by atoms with van der Waals surface area (Å²) in [5.41, 5.74) is -0.984. The van der Waals surface area contributed by atoms with Crippen LogP contribution in [0, 0.1) is 0 Å². The summed E-state index contributed by atoms with van der Waals surface area (Å²) in [5, 5.41) is 0. The van der Waals surface area contributed by atoms with Crippen molar-refractivity contribution in [3.05, 3.63) is 57.4 Å². The van der Waals surface area contributed by atoms with Crippen molar-refractivity contribution in [2.45, 2.75) is 10.4 Å². The van der Waals surface area contributed by atoms with Crippen LogP contribution >= 0.6 is 23.2 Å². The average molecular weight is 259 g/mol. The van der Waals surface area contributed by atoms with Crippen LogP contribution in [0.5, 0.6) is 0 Å². The Kier molecular flexibility index (Phi) is 2.78. The van der Waals surface area contributed by atoms with Gasteiger partial charge in [-0.1, -0.05) is 41.4 Å². The molecule has 1 atom stereocenters. The highest BCUT2D eigenvalue weighted by molar-refractivity contribution is 6.50. The minimum absolute atomic E-state index is 0.445. The Morgan fingerprint density at radius 2 is 2.06 bits per heavy atom. The van der Waals surface area contributed by atoms with Gasteiger partial charge in [-0.15, -0.1) is 0 Å². The SMILES string of the molecule is O=c1cc[nH]c(=O)n1C1C=CC=CC1(Cl)Cl. The van der Waals surface area contributed by atoms with Gasteiger partial charge in [0.25, 0.3) is 5.56 Å². The van der Waals surface area contributed by atoms with Gasteiger partial charge in [0.05, 0.1) is 6.04 Å². The molecule has 1 aromatic rings. The molecule has 1 aromatic heterocycles. The molecule has 0 aromatic carbocycles. The zero-order chi connectivity index (χ0) is 11.8. The van der Waals surface area contributed by atoms with Gasteiger partial charge < -0.3 is 4.98 Å². The first-order valence-corrected chi connectivity index (χ1v) is 5.32. The molecular weight excluding hydrogens is 251 g/mol. The molecule has 1 heterocycles. The summed E-state index contributed by atoms with van der Waals surface area (Å²) >= 11 is 12.1. The largest absolute Gasteiger partial charge is 0.329 e. The van der Waals surface area contributed by atoms with Crippen LogP contribution < -0.4 is 11.2 Å². The van der Waals surface area contributed by atoms with E-state index < -0.39 is 21.6 Å². The monoisotopic (exact) mass is 258 g/mol. The smallest absolute Gasteiger partial charge is 0.314 e. The second kappa shape index (κ2) is 3.96. The number of nitrogens with zero attached hydrogens (tertiary/aromatic N) is 1. The lowest BCUT2D eigenvalue weighted by Gasteiger charge is -2.27. The van der Waals surface area contributed by atoms with E-state index in [0.717, 1.165) is 4.57 Å². The molecule has 0 saturated carbocycles. The van der Waals surface area contributed by atoms with Crippen LogP contribution in [0.15, 0.2) is 46.2 Å². The van der Waals surface area contributed by atoms with Crippen LogP contribution in [0.2, 0.25) is 0 Å². The first-order valence-electron chi connectivity index (χ1n) is 4.56. The Morgan fingerprint density at radius 3 is 2.69 bits per heavy atom. The molecule has 0 saturated heterocycles. The number of aromatic amines is 1. The molecule has 0 fully saturated rings. The van der Waals surface area contributed by atoms with E-state index >= 15 is 0 Å². The fourth-order valence-electron chi connectivity index (χ4n) is 1.54. The second-order valence-corrected chi connectivity index (χ2v) is 4.80. The molecule has 0 amide bonds. The molecule has 0 spiro atoms. The number of halogens is 2. The van der Waals surface area contributed by atoms with Crippen LogP contribution in [0.25, 0.3) is 0 Å². The Balaban J connectivity index is 2.62. The van der Waals surface area contributed by atoms with E-state index in [4.69, 9.17) is 23.2 Å². The molecule has 0 aliphatic heterocycles. The first kappa shape index (κ1) is 11.2. The molecular formula is C10H8Cl2N2O2. The lowest BCUT2D eigenvalue weighted by Crippen LogP contribution is -2.42. The van der Waals surface area contributed by atoms with Crippen molar-refractivity contribution < 1.29 is 0 Å². The summed E-state index contributed by atoms with van der Waals surface area (Å²) in [6, 6.07) is 0.538. The van der Waals surface area contributed by atoms with E-state index in [1.165, 1.54) is 18.3 Å². The zero-order valence-electron chi connectivity index (χ0n) is 8.06. The van der Waals surface area contributed by atoms with Crippen molar-refractivity contribution >= 4 is 23.2 Å². The lowest BCUT2D eigenvalue weighted by atomic mass is 10.1. The van der Waals surface area contributed by atoms with Gasteiger partial charge in [-0.2, -0.15) is 0 Å². The van der Waals surface area contributed by atoms with E-state index in [1.807, 2.05) is 0 Å². The molecule has 0 bridgehead atoms. The van der Waals surface area contributed by atoms with Crippen LogP contribution in [-0.4, -0.2) is 13.9 Å². The summed E-state index contributed by atoms with van der Waals surface area (Å²) in [4.78, 5) is 25.6. The van der Waals surface area contributed by atoms with Crippen molar-refractivity contribution in [2.75, 3.05) is 0 Å². The van der Waals surface area contributed by atoms with E-state index in [-0.39, 0.29) is 0 Å². The summed E-state index contributed by atoms with van der Waals surface area (Å²) in [6.45, 7) is 0. The summed E-state index contributed by atoms with van der Waals surface area (Å²) < 4.78 is -0.313. The normalized spacial score (nSPS) is 22.2. The van der Waals surface area contributed by atoms with E-state index in [9.17, 15) is 9.59 Å². The van der Waals surface area contributed by atoms with Crippen LogP contribution in [0.1, 0.15) is 6.04 Å². The average Bonchev–Trinajstić information content (AvgIpc) is 2.19. The Morgan fingerprint density at radius 1 is 1.31 bits per heavy atom. The van der Waals surface area contributed by atoms with Crippen LogP contribution in [-0.2, 0) is 0 Å². The van der Waals surface area contributed by atoms with Crippen molar-refractivity contribution in [3.63, 3.8) is 0 Å². The predicted molar refractivity (Wildman–Crippen MR) is 63.1 cm³/mol. The van der Waals surface area contributed by atoms with Gasteiger partial charge in [-0.05, 0) is 6.08 Å². The molecule has 4 nitrogen and oxygen atoms in total. The topological polar surface area (TPSA) is 54.9 Å². The first-order chi connectivity index (χ1) is 7.52. The van der Waals surface area contributed by atoms with Crippen LogP contribution in [0.4, 0.5) is 0 Å². The maximum Gasteiger partial charge on any atom is 0.329 e. The van der Waals surface area contributed by atoms with Gasteiger partial charge in [-0.3, -0.25) is 4.79 Å². The Labute approximate surface area is 101 Å². The zero-order valence-corrected chi connectivity index (χ0v) is 9.57. The third kappa shape index (κ3) is 1.86. The maximum atomic E-state index is 11.6. The molecule has 6 heteroatoms. The lowest BCUT2D eigenvalue weighted by molar-refractivity contribution is 0.533. The van der Waals surface area contributed by atoms with Crippen molar-refractivity contribution in [1.29, 1.82) is 0 Å². The number of nitrogens with one attached hydrogen (secondary N) is 1. The number of allylic oxidation sites excluding steroid dienone is 4. The number of hydrogen-bond donors (Lipinski definition) is 1. The predicted octanol–water partition coefficient (Wildman–Crippen LogP) is 1.38. The van der Waals surface area contributed by atoms with E-state index in [0.29, 0.717) is 0 Å². The van der Waals surface area contributed by atoms with Crippen molar-refractivity contribution in [3.8, 4) is 0 Å². The maximum absolute atomic E-state index is 11.6. The molecule has 1 N–H and O–H groups in total. The molecule has 1 aliphatic carbocycles. The van der Waals surface area contributed by atoms with Crippen molar-refractivity contribution in [2.24, 2.45) is 0 Å². The molecule has 16 heavy (non-hydrogen) atoms. The number of H-pyrrole nitrogens is 1. The third-order valence-electron chi connectivity index (χ3n) is 2.28. The standard InChI is InChI=1S/C10H8Cl2N2O2/c11-10(12)5-2-1-3-7(10)14-8(15)4-6-13-9(14)16/h1-7H,(H,13,16).